The number of fused-ring (bicyclic) bond motifs is 1. The van der Waals surface area contributed by atoms with Crippen LogP contribution in [0.1, 0.15) is 41.1 Å². The van der Waals surface area contributed by atoms with Crippen LogP contribution in [0.2, 0.25) is 0 Å². The van der Waals surface area contributed by atoms with Crippen molar-refractivity contribution in [2.24, 2.45) is 11.7 Å². The lowest BCUT2D eigenvalue weighted by Crippen LogP contribution is -2.37. The third-order valence-corrected chi connectivity index (χ3v) is 5.67. The number of carbonyl (C=O) groups is 1. The Morgan fingerprint density at radius 3 is 2.81 bits per heavy atom. The van der Waals surface area contributed by atoms with E-state index in [1.807, 2.05) is 12.1 Å². The Kier molecular flexibility index (Phi) is 4.81. The van der Waals surface area contributed by atoms with Gasteiger partial charge in [-0.3, -0.25) is 4.79 Å². The number of hydrogen-bond donors (Lipinski definition) is 4. The molecule has 2 heterocycles. The van der Waals surface area contributed by atoms with Crippen LogP contribution >= 0.6 is 0 Å². The molecule has 6 heteroatoms. The van der Waals surface area contributed by atoms with Gasteiger partial charge in [0.15, 0.2) is 0 Å². The van der Waals surface area contributed by atoms with E-state index in [1.54, 1.807) is 6.20 Å². The maximum atomic E-state index is 11.9. The van der Waals surface area contributed by atoms with E-state index in [2.05, 4.69) is 39.6 Å². The maximum Gasteiger partial charge on any atom is 0.252 e. The lowest BCUT2D eigenvalue weighted by atomic mass is 9.75. The number of hydrogen-bond acceptors (Lipinski definition) is 4. The van der Waals surface area contributed by atoms with Gasteiger partial charge in [0.1, 0.15) is 5.65 Å². The van der Waals surface area contributed by atoms with Crippen molar-refractivity contribution >= 4 is 22.6 Å². The zero-order valence-electron chi connectivity index (χ0n) is 15.1. The highest BCUT2D eigenvalue weighted by Crippen LogP contribution is 2.38. The predicted molar refractivity (Wildman–Crippen MR) is 106 cm³/mol. The van der Waals surface area contributed by atoms with Gasteiger partial charge in [0.2, 0.25) is 0 Å². The molecule has 27 heavy (non-hydrogen) atoms. The highest BCUT2D eigenvalue weighted by molar-refractivity contribution is 6.05. The molecule has 3 atom stereocenters. The van der Waals surface area contributed by atoms with Crippen LogP contribution < -0.4 is 11.1 Å². The second-order valence-corrected chi connectivity index (χ2v) is 7.27. The summed E-state index contributed by atoms with van der Waals surface area (Å²) >= 11 is 0. The summed E-state index contributed by atoms with van der Waals surface area (Å²) in [5.41, 5.74) is 8.68. The number of anilines is 1. The van der Waals surface area contributed by atoms with Gasteiger partial charge in [-0.05, 0) is 36.8 Å². The second-order valence-electron chi connectivity index (χ2n) is 7.27. The van der Waals surface area contributed by atoms with Gasteiger partial charge in [0.25, 0.3) is 5.91 Å². The molecule has 0 unspecified atom stereocenters. The molecule has 1 fully saturated rings. The Morgan fingerprint density at radius 2 is 2.07 bits per heavy atom. The first-order valence-electron chi connectivity index (χ1n) is 9.35. The Labute approximate surface area is 157 Å². The number of nitrogens with two attached hydrogens (primary N) is 1. The number of aliphatic hydroxyl groups excluding tert-OH is 1. The van der Waals surface area contributed by atoms with Gasteiger partial charge in [-0.2, -0.15) is 0 Å². The van der Waals surface area contributed by atoms with E-state index in [9.17, 15) is 9.90 Å². The first-order chi connectivity index (χ1) is 13.2. The second kappa shape index (κ2) is 7.40. The summed E-state index contributed by atoms with van der Waals surface area (Å²) in [5, 5.41) is 14.4. The number of aromatic amines is 1. The summed E-state index contributed by atoms with van der Waals surface area (Å²) in [4.78, 5) is 19.2. The van der Waals surface area contributed by atoms with Crippen molar-refractivity contribution < 1.29 is 9.90 Å². The minimum absolute atomic E-state index is 0.0774. The number of primary amides is 1. The smallest absolute Gasteiger partial charge is 0.252 e. The van der Waals surface area contributed by atoms with E-state index in [-0.39, 0.29) is 18.6 Å². The molecule has 1 aliphatic rings. The standard InChI is InChI=1S/C21H24N4O2/c22-20(27)17-11-24-21-16(8-9-23-21)19(17)25-18-7-6-14(10-15(18)12-26)13-4-2-1-3-5-13/h1-5,8-9,11,14-15,18,26H,6-7,10,12H2,(H2,22,27)(H2,23,24,25)/t14-,15-,18-/m1/s1. The molecule has 0 saturated heterocycles. The number of aliphatic hydroxyl groups is 1. The monoisotopic (exact) mass is 364 g/mol. The summed E-state index contributed by atoms with van der Waals surface area (Å²) in [6.45, 7) is 0.105. The Balaban J connectivity index is 1.60. The molecule has 1 amide bonds. The molecule has 5 N–H and O–H groups in total. The van der Waals surface area contributed by atoms with E-state index < -0.39 is 5.91 Å². The fourth-order valence-electron chi connectivity index (χ4n) is 4.22. The van der Waals surface area contributed by atoms with Gasteiger partial charge < -0.3 is 21.1 Å². The molecule has 0 radical (unpaired) electrons. The van der Waals surface area contributed by atoms with Gasteiger partial charge in [0, 0.05) is 36.3 Å². The van der Waals surface area contributed by atoms with Crippen molar-refractivity contribution in [3.05, 3.63) is 59.9 Å². The molecule has 4 rings (SSSR count). The van der Waals surface area contributed by atoms with Gasteiger partial charge in [-0.15, -0.1) is 0 Å². The highest BCUT2D eigenvalue weighted by atomic mass is 16.3. The summed E-state index contributed by atoms with van der Waals surface area (Å²) in [6.07, 6.45) is 6.16. The van der Waals surface area contributed by atoms with E-state index >= 15 is 0 Å². The molecular formula is C21H24N4O2. The van der Waals surface area contributed by atoms with Crippen molar-refractivity contribution in [3.63, 3.8) is 0 Å². The van der Waals surface area contributed by atoms with Gasteiger partial charge in [-0.1, -0.05) is 30.3 Å². The van der Waals surface area contributed by atoms with E-state index in [0.29, 0.717) is 22.8 Å². The van der Waals surface area contributed by atoms with Crippen molar-refractivity contribution in [1.29, 1.82) is 0 Å². The number of benzene rings is 1. The number of H-pyrrole nitrogens is 1. The first kappa shape index (κ1) is 17.5. The fourth-order valence-corrected chi connectivity index (χ4v) is 4.22. The third-order valence-electron chi connectivity index (χ3n) is 5.67. The lowest BCUT2D eigenvalue weighted by Gasteiger charge is -2.37. The quantitative estimate of drug-likeness (QED) is 0.558. The van der Waals surface area contributed by atoms with E-state index in [0.717, 1.165) is 24.6 Å². The SMILES string of the molecule is NC(=O)c1cnc2[nH]ccc2c1N[C@@H]1CC[C@@H](c2ccccc2)C[C@@H]1CO. The van der Waals surface area contributed by atoms with Crippen LogP contribution in [0, 0.1) is 5.92 Å². The van der Waals surface area contributed by atoms with Crippen molar-refractivity contribution in [3.8, 4) is 0 Å². The van der Waals surface area contributed by atoms with E-state index in [4.69, 9.17) is 5.73 Å². The van der Waals surface area contributed by atoms with Gasteiger partial charge in [-0.25, -0.2) is 4.98 Å². The van der Waals surface area contributed by atoms with Crippen LogP contribution in [0.3, 0.4) is 0 Å². The van der Waals surface area contributed by atoms with Crippen molar-refractivity contribution in [2.45, 2.75) is 31.2 Å². The van der Waals surface area contributed by atoms with Crippen molar-refractivity contribution in [2.75, 3.05) is 11.9 Å². The normalized spacial score (nSPS) is 22.6. The molecule has 1 saturated carbocycles. The molecular weight excluding hydrogens is 340 g/mol. The zero-order valence-corrected chi connectivity index (χ0v) is 15.1. The Morgan fingerprint density at radius 1 is 1.26 bits per heavy atom. The number of pyridine rings is 1. The summed E-state index contributed by atoms with van der Waals surface area (Å²) in [5.74, 6) is 0.0418. The van der Waals surface area contributed by atoms with Crippen LogP contribution in [0.25, 0.3) is 11.0 Å². The summed E-state index contributed by atoms with van der Waals surface area (Å²) in [6, 6.07) is 12.4. The molecule has 0 spiro atoms. The molecule has 0 aliphatic heterocycles. The number of rotatable bonds is 5. The lowest BCUT2D eigenvalue weighted by molar-refractivity contribution is 0.100. The largest absolute Gasteiger partial charge is 0.396 e. The minimum Gasteiger partial charge on any atom is -0.396 e. The molecule has 2 aromatic heterocycles. The topological polar surface area (TPSA) is 104 Å². The molecule has 1 aliphatic carbocycles. The van der Waals surface area contributed by atoms with Crippen molar-refractivity contribution in [1.82, 2.24) is 9.97 Å². The van der Waals surface area contributed by atoms with Crippen LogP contribution in [0.5, 0.6) is 0 Å². The number of nitrogens with one attached hydrogen (secondary N) is 2. The van der Waals surface area contributed by atoms with Crippen LogP contribution in [0.4, 0.5) is 5.69 Å². The molecule has 6 nitrogen and oxygen atoms in total. The predicted octanol–water partition coefficient (Wildman–Crippen LogP) is 3.02. The average molecular weight is 364 g/mol. The van der Waals surface area contributed by atoms with Crippen LogP contribution in [-0.4, -0.2) is 33.6 Å². The minimum atomic E-state index is -0.508. The van der Waals surface area contributed by atoms with Gasteiger partial charge in [0.05, 0.1) is 11.3 Å². The maximum absolute atomic E-state index is 11.9. The van der Waals surface area contributed by atoms with E-state index in [1.165, 1.54) is 11.8 Å². The molecule has 3 aromatic rings. The molecule has 0 bridgehead atoms. The van der Waals surface area contributed by atoms with Crippen LogP contribution in [0.15, 0.2) is 48.8 Å². The molecule has 140 valence electrons. The summed E-state index contributed by atoms with van der Waals surface area (Å²) < 4.78 is 0. The average Bonchev–Trinajstić information content (AvgIpc) is 3.18. The number of nitrogens with zero attached hydrogens (tertiary/aromatic N) is 1. The summed E-state index contributed by atoms with van der Waals surface area (Å²) in [7, 11) is 0. The van der Waals surface area contributed by atoms with Gasteiger partial charge >= 0.3 is 0 Å². The highest BCUT2D eigenvalue weighted by Gasteiger charge is 2.32. The van der Waals surface area contributed by atoms with Crippen LogP contribution in [-0.2, 0) is 0 Å². The number of carbonyl (C=O) groups excluding carboxylic acids is 1. The Hall–Kier alpha value is -2.86. The first-order valence-corrected chi connectivity index (χ1v) is 9.35. The number of amides is 1. The zero-order chi connectivity index (χ0) is 18.8. The third kappa shape index (κ3) is 3.40. The number of aromatic nitrogens is 2. The fraction of sp³-hybridized carbons (Fsp3) is 0.333. The Bertz CT molecular complexity index is 938. The molecule has 1 aromatic carbocycles.